The second kappa shape index (κ2) is 53.5. The Bertz CT molecular complexity index is 1170. The first-order valence-electron chi connectivity index (χ1n) is 28.5. The van der Waals surface area contributed by atoms with E-state index in [1.165, 1.54) is 154 Å². The summed E-state index contributed by atoms with van der Waals surface area (Å²) in [4.78, 5) is 26.2. The van der Waals surface area contributed by atoms with Crippen molar-refractivity contribution in [1.29, 1.82) is 0 Å². The minimum Gasteiger partial charge on any atom is -0.462 e. The van der Waals surface area contributed by atoms with Gasteiger partial charge in [-0.2, -0.15) is 0 Å². The van der Waals surface area contributed by atoms with Crippen LogP contribution in [-0.4, -0.2) is 46.9 Å². The molecular formula is C60H109NO5. The molecule has 0 saturated heterocycles. The van der Waals surface area contributed by atoms with Crippen molar-refractivity contribution in [2.24, 2.45) is 0 Å². The fourth-order valence-corrected chi connectivity index (χ4v) is 8.49. The molecule has 66 heavy (non-hydrogen) atoms. The summed E-state index contributed by atoms with van der Waals surface area (Å²) in [5, 5.41) is 23.9. The molecule has 0 bridgehead atoms. The Kier molecular flexibility index (Phi) is 51.5. The maximum absolute atomic E-state index is 13.3. The van der Waals surface area contributed by atoms with E-state index in [2.05, 4.69) is 80.8 Å². The summed E-state index contributed by atoms with van der Waals surface area (Å²) in [6.07, 6.45) is 67.2. The van der Waals surface area contributed by atoms with E-state index in [4.69, 9.17) is 4.74 Å². The summed E-state index contributed by atoms with van der Waals surface area (Å²) in [6.45, 7) is 6.45. The van der Waals surface area contributed by atoms with Crippen molar-refractivity contribution in [3.8, 4) is 0 Å². The third-order valence-electron chi connectivity index (χ3n) is 12.8. The maximum atomic E-state index is 13.3. The van der Waals surface area contributed by atoms with E-state index in [0.29, 0.717) is 19.3 Å². The molecule has 0 saturated carbocycles. The molecule has 3 unspecified atom stereocenters. The van der Waals surface area contributed by atoms with Crippen molar-refractivity contribution in [1.82, 2.24) is 5.32 Å². The molecule has 0 fully saturated rings. The molecule has 0 rings (SSSR count). The third kappa shape index (κ3) is 48.0. The zero-order valence-electron chi connectivity index (χ0n) is 43.8. The fourth-order valence-electron chi connectivity index (χ4n) is 8.49. The second-order valence-corrected chi connectivity index (χ2v) is 19.3. The van der Waals surface area contributed by atoms with Gasteiger partial charge in [0, 0.05) is 6.42 Å². The van der Waals surface area contributed by atoms with Gasteiger partial charge in [-0.1, -0.05) is 248 Å². The van der Waals surface area contributed by atoms with Crippen molar-refractivity contribution in [3.63, 3.8) is 0 Å². The van der Waals surface area contributed by atoms with Gasteiger partial charge in [0.2, 0.25) is 5.91 Å². The number of ether oxygens (including phenoxy) is 1. The summed E-state index contributed by atoms with van der Waals surface area (Å²) in [6, 6.07) is -0.722. The van der Waals surface area contributed by atoms with E-state index in [9.17, 15) is 19.8 Å². The van der Waals surface area contributed by atoms with Crippen molar-refractivity contribution >= 4 is 11.9 Å². The molecule has 1 amide bonds. The first-order chi connectivity index (χ1) is 32.5. The number of aliphatic hydroxyl groups is 2. The van der Waals surface area contributed by atoms with Crippen LogP contribution in [0.15, 0.2) is 60.8 Å². The van der Waals surface area contributed by atoms with Gasteiger partial charge in [0.15, 0.2) is 0 Å². The summed E-state index contributed by atoms with van der Waals surface area (Å²) < 4.78 is 5.91. The predicted molar refractivity (Wildman–Crippen MR) is 287 cm³/mol. The molecule has 6 nitrogen and oxygen atoms in total. The van der Waals surface area contributed by atoms with Gasteiger partial charge in [-0.3, -0.25) is 9.59 Å². The molecule has 0 aliphatic rings. The molecule has 3 atom stereocenters. The van der Waals surface area contributed by atoms with E-state index in [1.807, 2.05) is 6.08 Å². The Morgan fingerprint density at radius 1 is 0.439 bits per heavy atom. The number of aliphatic hydroxyl groups excluding tert-OH is 2. The highest BCUT2D eigenvalue weighted by Crippen LogP contribution is 2.18. The average molecular weight is 925 g/mol. The molecule has 0 aromatic rings. The molecule has 0 aromatic heterocycles. The lowest BCUT2D eigenvalue weighted by Crippen LogP contribution is -2.46. The minimum atomic E-state index is -0.805. The highest BCUT2D eigenvalue weighted by molar-refractivity contribution is 5.77. The standard InChI is InChI=1S/C60H109NO5/c1-4-7-10-13-16-19-22-25-27-29-31-34-36-39-42-45-48-51-56(66-60(65)53-50-47-44-41-38-33-24-21-18-15-12-9-6-3)54-59(64)61-57(55-62)58(63)52-49-46-43-40-37-35-32-30-28-26-23-20-17-14-11-8-5-2/h16,19,25,27,31,33-34,38,44,47,56-58,62-63H,4-15,17-18,20-24,26,28-30,32,35-37,39-43,45-46,48-55H2,1-3H3,(H,61,64)/b19-16-,27-25-,34-31-,38-33-,47-44+. The third-order valence-corrected chi connectivity index (χ3v) is 12.8. The van der Waals surface area contributed by atoms with Crippen LogP contribution in [0.3, 0.4) is 0 Å². The molecule has 0 spiro atoms. The van der Waals surface area contributed by atoms with Gasteiger partial charge in [-0.05, 0) is 83.5 Å². The van der Waals surface area contributed by atoms with Gasteiger partial charge in [0.25, 0.3) is 0 Å². The predicted octanol–water partition coefficient (Wildman–Crippen LogP) is 17.6. The summed E-state index contributed by atoms with van der Waals surface area (Å²) in [5.41, 5.74) is 0. The molecule has 6 heteroatoms. The van der Waals surface area contributed by atoms with E-state index >= 15 is 0 Å². The number of carbonyl (C=O) groups is 2. The van der Waals surface area contributed by atoms with Crippen molar-refractivity contribution in [3.05, 3.63) is 60.8 Å². The lowest BCUT2D eigenvalue weighted by Gasteiger charge is -2.24. The molecule has 0 aliphatic heterocycles. The van der Waals surface area contributed by atoms with Crippen LogP contribution in [0.5, 0.6) is 0 Å². The van der Waals surface area contributed by atoms with Crippen molar-refractivity contribution in [2.45, 2.75) is 302 Å². The highest BCUT2D eigenvalue weighted by atomic mass is 16.5. The van der Waals surface area contributed by atoms with E-state index in [-0.39, 0.29) is 31.3 Å². The number of esters is 1. The summed E-state index contributed by atoms with van der Waals surface area (Å²) in [7, 11) is 0. The summed E-state index contributed by atoms with van der Waals surface area (Å²) >= 11 is 0. The molecular weight excluding hydrogens is 815 g/mol. The largest absolute Gasteiger partial charge is 0.462 e. The zero-order chi connectivity index (χ0) is 48.1. The monoisotopic (exact) mass is 924 g/mol. The number of allylic oxidation sites excluding steroid dienone is 10. The van der Waals surface area contributed by atoms with Gasteiger partial charge in [0.1, 0.15) is 6.10 Å². The highest BCUT2D eigenvalue weighted by Gasteiger charge is 2.24. The zero-order valence-corrected chi connectivity index (χ0v) is 43.8. The van der Waals surface area contributed by atoms with Gasteiger partial charge in [0.05, 0.1) is 25.2 Å². The molecule has 0 aliphatic carbocycles. The minimum absolute atomic E-state index is 0.0399. The van der Waals surface area contributed by atoms with E-state index < -0.39 is 18.2 Å². The lowest BCUT2D eigenvalue weighted by atomic mass is 10.0. The molecule has 384 valence electrons. The Morgan fingerprint density at radius 2 is 0.773 bits per heavy atom. The van der Waals surface area contributed by atoms with Crippen LogP contribution in [0.25, 0.3) is 0 Å². The SMILES string of the molecule is CCCCC/C=C\C/C=C\C/C=C\CCCCCCC(CC(=O)NC(CO)C(O)CCCCCCCCCCCCCCCCCCC)OC(=O)CC/C=C/C/C=C\CCCCCCCC. The molecule has 0 heterocycles. The van der Waals surface area contributed by atoms with Crippen LogP contribution in [0.2, 0.25) is 0 Å². The average Bonchev–Trinajstić information content (AvgIpc) is 3.31. The van der Waals surface area contributed by atoms with Crippen LogP contribution < -0.4 is 5.32 Å². The van der Waals surface area contributed by atoms with Gasteiger partial charge in [-0.15, -0.1) is 0 Å². The number of amides is 1. The number of carbonyl (C=O) groups excluding carboxylic acids is 2. The number of nitrogens with one attached hydrogen (secondary N) is 1. The number of rotatable bonds is 51. The van der Waals surface area contributed by atoms with Crippen LogP contribution in [0, 0.1) is 0 Å². The molecule has 0 aromatic carbocycles. The van der Waals surface area contributed by atoms with Crippen molar-refractivity contribution < 1.29 is 24.5 Å². The van der Waals surface area contributed by atoms with Crippen LogP contribution >= 0.6 is 0 Å². The number of hydrogen-bond acceptors (Lipinski definition) is 5. The molecule has 0 radical (unpaired) electrons. The Balaban J connectivity index is 4.63. The van der Waals surface area contributed by atoms with Crippen LogP contribution in [0.1, 0.15) is 284 Å². The normalized spacial score (nSPS) is 13.6. The van der Waals surface area contributed by atoms with Crippen LogP contribution in [0.4, 0.5) is 0 Å². The molecule has 3 N–H and O–H groups in total. The van der Waals surface area contributed by atoms with Gasteiger partial charge < -0.3 is 20.3 Å². The number of unbranched alkanes of at least 4 members (excludes halogenated alkanes) is 29. The smallest absolute Gasteiger partial charge is 0.306 e. The maximum Gasteiger partial charge on any atom is 0.306 e. The van der Waals surface area contributed by atoms with Crippen LogP contribution in [-0.2, 0) is 14.3 Å². The second-order valence-electron chi connectivity index (χ2n) is 19.3. The Morgan fingerprint density at radius 3 is 1.20 bits per heavy atom. The first kappa shape index (κ1) is 63.6. The van der Waals surface area contributed by atoms with E-state index in [1.54, 1.807) is 0 Å². The quantitative estimate of drug-likeness (QED) is 0.0321. The first-order valence-corrected chi connectivity index (χ1v) is 28.5. The Labute approximate surface area is 409 Å². The summed E-state index contributed by atoms with van der Waals surface area (Å²) in [5.74, 6) is -0.570. The Hall–Kier alpha value is -2.44. The number of hydrogen-bond donors (Lipinski definition) is 3. The van der Waals surface area contributed by atoms with Gasteiger partial charge in [-0.25, -0.2) is 0 Å². The topological polar surface area (TPSA) is 95.9 Å². The van der Waals surface area contributed by atoms with E-state index in [0.717, 1.165) is 77.0 Å². The van der Waals surface area contributed by atoms with Crippen molar-refractivity contribution in [2.75, 3.05) is 6.61 Å². The van der Waals surface area contributed by atoms with Gasteiger partial charge >= 0.3 is 5.97 Å². The lowest BCUT2D eigenvalue weighted by molar-refractivity contribution is -0.150. The fraction of sp³-hybridized carbons (Fsp3) is 0.800.